The number of methoxy groups -OCH3 is 4. The normalized spacial score (nSPS) is 10.0. The molecular formula is C17H20N2O5. The van der Waals surface area contributed by atoms with Gasteiger partial charge in [-0.05, 0) is 17.7 Å². The zero-order valence-electron chi connectivity index (χ0n) is 14.1. The fourth-order valence-corrected chi connectivity index (χ4v) is 2.13. The van der Waals surface area contributed by atoms with E-state index in [9.17, 15) is 4.79 Å². The second kappa shape index (κ2) is 8.05. The minimum atomic E-state index is -0.259. The van der Waals surface area contributed by atoms with Crippen molar-refractivity contribution in [3.05, 3.63) is 41.6 Å². The van der Waals surface area contributed by atoms with E-state index in [4.69, 9.17) is 18.9 Å². The molecule has 7 nitrogen and oxygen atoms in total. The molecule has 0 fully saturated rings. The topological polar surface area (TPSA) is 78.9 Å². The fourth-order valence-electron chi connectivity index (χ4n) is 2.13. The number of benzene rings is 1. The van der Waals surface area contributed by atoms with Gasteiger partial charge in [0, 0.05) is 24.4 Å². The van der Waals surface area contributed by atoms with Crippen molar-refractivity contribution >= 4 is 5.91 Å². The molecule has 0 aliphatic heterocycles. The van der Waals surface area contributed by atoms with Gasteiger partial charge in [-0.25, -0.2) is 4.98 Å². The van der Waals surface area contributed by atoms with E-state index in [2.05, 4.69) is 10.3 Å². The van der Waals surface area contributed by atoms with Crippen LogP contribution in [0, 0.1) is 0 Å². The lowest BCUT2D eigenvalue weighted by Gasteiger charge is -2.14. The fraction of sp³-hybridized carbons (Fsp3) is 0.294. The maximum Gasteiger partial charge on any atom is 0.251 e. The third-order valence-corrected chi connectivity index (χ3v) is 3.39. The summed E-state index contributed by atoms with van der Waals surface area (Å²) in [5, 5.41) is 2.82. The molecule has 1 aromatic carbocycles. The summed E-state index contributed by atoms with van der Waals surface area (Å²) in [6.07, 6.45) is 1.65. The molecule has 128 valence electrons. The predicted octanol–water partition coefficient (Wildman–Crippen LogP) is 2.05. The SMILES string of the molecule is COc1ccc(CNC(=O)c2cc(OC)c(OC)c(OC)c2)cn1. The number of nitrogens with zero attached hydrogens (tertiary/aromatic N) is 1. The number of pyridine rings is 1. The quantitative estimate of drug-likeness (QED) is 0.836. The lowest BCUT2D eigenvalue weighted by atomic mass is 10.1. The van der Waals surface area contributed by atoms with E-state index in [0.717, 1.165) is 5.56 Å². The van der Waals surface area contributed by atoms with Crippen LogP contribution in [0.2, 0.25) is 0 Å². The molecule has 0 bridgehead atoms. The lowest BCUT2D eigenvalue weighted by Crippen LogP contribution is -2.23. The van der Waals surface area contributed by atoms with Crippen molar-refractivity contribution in [2.45, 2.75) is 6.54 Å². The third kappa shape index (κ3) is 3.87. The van der Waals surface area contributed by atoms with Gasteiger partial charge in [-0.3, -0.25) is 4.79 Å². The molecule has 0 aliphatic rings. The molecule has 24 heavy (non-hydrogen) atoms. The van der Waals surface area contributed by atoms with Crippen molar-refractivity contribution in [3.63, 3.8) is 0 Å². The summed E-state index contributed by atoms with van der Waals surface area (Å²) >= 11 is 0. The Labute approximate surface area is 140 Å². The summed E-state index contributed by atoms with van der Waals surface area (Å²) in [4.78, 5) is 16.5. The first-order chi connectivity index (χ1) is 11.6. The zero-order valence-corrected chi connectivity index (χ0v) is 14.1. The molecule has 1 aromatic heterocycles. The first-order valence-electron chi connectivity index (χ1n) is 7.20. The minimum absolute atomic E-state index is 0.259. The molecule has 0 saturated carbocycles. The number of ether oxygens (including phenoxy) is 4. The van der Waals surface area contributed by atoms with E-state index in [1.807, 2.05) is 6.07 Å². The molecule has 0 saturated heterocycles. The van der Waals surface area contributed by atoms with Gasteiger partial charge >= 0.3 is 0 Å². The van der Waals surface area contributed by atoms with Crippen LogP contribution in [-0.2, 0) is 6.54 Å². The number of hydrogen-bond acceptors (Lipinski definition) is 6. The van der Waals surface area contributed by atoms with Crippen molar-refractivity contribution in [2.24, 2.45) is 0 Å². The molecule has 2 rings (SSSR count). The van der Waals surface area contributed by atoms with Crippen molar-refractivity contribution in [1.82, 2.24) is 10.3 Å². The molecular weight excluding hydrogens is 312 g/mol. The summed E-state index contributed by atoms with van der Waals surface area (Å²) in [5.74, 6) is 1.55. The van der Waals surface area contributed by atoms with E-state index in [-0.39, 0.29) is 5.91 Å². The molecule has 0 atom stereocenters. The van der Waals surface area contributed by atoms with E-state index < -0.39 is 0 Å². The Hall–Kier alpha value is -2.96. The molecule has 0 aliphatic carbocycles. The maximum absolute atomic E-state index is 12.4. The molecule has 2 aromatic rings. The Balaban J connectivity index is 2.13. The number of hydrogen-bond donors (Lipinski definition) is 1. The number of carbonyl (C=O) groups excluding carboxylic acids is 1. The minimum Gasteiger partial charge on any atom is -0.493 e. The van der Waals surface area contributed by atoms with Gasteiger partial charge in [0.1, 0.15) is 0 Å². The van der Waals surface area contributed by atoms with E-state index >= 15 is 0 Å². The van der Waals surface area contributed by atoms with Gasteiger partial charge in [0.25, 0.3) is 5.91 Å². The monoisotopic (exact) mass is 332 g/mol. The second-order valence-corrected chi connectivity index (χ2v) is 4.81. The van der Waals surface area contributed by atoms with Crippen LogP contribution in [0.5, 0.6) is 23.1 Å². The van der Waals surface area contributed by atoms with Crippen LogP contribution >= 0.6 is 0 Å². The highest BCUT2D eigenvalue weighted by molar-refractivity contribution is 5.95. The van der Waals surface area contributed by atoms with Gasteiger partial charge in [-0.1, -0.05) is 6.07 Å². The summed E-state index contributed by atoms with van der Waals surface area (Å²) in [5.41, 5.74) is 1.27. The van der Waals surface area contributed by atoms with E-state index in [1.165, 1.54) is 21.3 Å². The van der Waals surface area contributed by atoms with Crippen LogP contribution in [0.4, 0.5) is 0 Å². The largest absolute Gasteiger partial charge is 0.493 e. The van der Waals surface area contributed by atoms with Gasteiger partial charge in [0.05, 0.1) is 28.4 Å². The van der Waals surface area contributed by atoms with Crippen molar-refractivity contribution < 1.29 is 23.7 Å². The average Bonchev–Trinajstić information content (AvgIpc) is 2.65. The first kappa shape index (κ1) is 17.4. The highest BCUT2D eigenvalue weighted by Crippen LogP contribution is 2.38. The lowest BCUT2D eigenvalue weighted by molar-refractivity contribution is 0.0950. The van der Waals surface area contributed by atoms with Gasteiger partial charge in [0.15, 0.2) is 11.5 Å². The molecule has 1 amide bonds. The highest BCUT2D eigenvalue weighted by Gasteiger charge is 2.16. The first-order valence-corrected chi connectivity index (χ1v) is 7.20. The van der Waals surface area contributed by atoms with Gasteiger partial charge in [-0.2, -0.15) is 0 Å². The van der Waals surface area contributed by atoms with Gasteiger partial charge < -0.3 is 24.3 Å². The predicted molar refractivity (Wildman–Crippen MR) is 88.1 cm³/mol. The van der Waals surface area contributed by atoms with Gasteiger partial charge in [-0.15, -0.1) is 0 Å². The summed E-state index contributed by atoms with van der Waals surface area (Å²) < 4.78 is 20.7. The molecule has 7 heteroatoms. The van der Waals surface area contributed by atoms with Gasteiger partial charge in [0.2, 0.25) is 11.6 Å². The summed E-state index contributed by atoms with van der Waals surface area (Å²) in [6.45, 7) is 0.340. The average molecular weight is 332 g/mol. The molecule has 1 heterocycles. The smallest absolute Gasteiger partial charge is 0.251 e. The van der Waals surface area contributed by atoms with Crippen LogP contribution in [0.25, 0.3) is 0 Å². The third-order valence-electron chi connectivity index (χ3n) is 3.39. The van der Waals surface area contributed by atoms with Crippen LogP contribution in [0.1, 0.15) is 15.9 Å². The molecule has 1 N–H and O–H groups in total. The number of amides is 1. The Morgan fingerprint density at radius 2 is 1.67 bits per heavy atom. The number of aromatic nitrogens is 1. The number of carbonyl (C=O) groups is 1. The summed E-state index contributed by atoms with van der Waals surface area (Å²) in [7, 11) is 6.06. The molecule has 0 radical (unpaired) electrons. The Morgan fingerprint density at radius 1 is 1.00 bits per heavy atom. The van der Waals surface area contributed by atoms with E-state index in [0.29, 0.717) is 35.2 Å². The Kier molecular flexibility index (Phi) is 5.83. The maximum atomic E-state index is 12.4. The van der Waals surface area contributed by atoms with Crippen molar-refractivity contribution in [1.29, 1.82) is 0 Å². The van der Waals surface area contributed by atoms with Crippen molar-refractivity contribution in [2.75, 3.05) is 28.4 Å². The molecule has 0 spiro atoms. The van der Waals surface area contributed by atoms with E-state index in [1.54, 1.807) is 31.5 Å². The van der Waals surface area contributed by atoms with Crippen LogP contribution in [0.15, 0.2) is 30.5 Å². The summed E-state index contributed by atoms with van der Waals surface area (Å²) in [6, 6.07) is 6.77. The molecule has 0 unspecified atom stereocenters. The number of nitrogens with one attached hydrogen (secondary N) is 1. The van der Waals surface area contributed by atoms with Crippen LogP contribution in [-0.4, -0.2) is 39.3 Å². The second-order valence-electron chi connectivity index (χ2n) is 4.81. The standard InChI is InChI=1S/C17H20N2O5/c1-21-13-7-12(8-14(22-2)16(13)24-4)17(20)19-10-11-5-6-15(23-3)18-9-11/h5-9H,10H2,1-4H3,(H,19,20). The van der Waals surface area contributed by atoms with Crippen LogP contribution in [0.3, 0.4) is 0 Å². The van der Waals surface area contributed by atoms with Crippen LogP contribution < -0.4 is 24.3 Å². The highest BCUT2D eigenvalue weighted by atomic mass is 16.5. The Bertz CT molecular complexity index is 676. The Morgan fingerprint density at radius 3 is 2.12 bits per heavy atom. The van der Waals surface area contributed by atoms with Crippen molar-refractivity contribution in [3.8, 4) is 23.1 Å². The zero-order chi connectivity index (χ0) is 17.5. The number of rotatable bonds is 7.